The van der Waals surface area contributed by atoms with E-state index in [1.54, 1.807) is 6.92 Å². The number of fused-ring (bicyclic) bond motifs is 1. The third-order valence-corrected chi connectivity index (χ3v) is 2.04. The van der Waals surface area contributed by atoms with E-state index in [0.717, 1.165) is 0 Å². The van der Waals surface area contributed by atoms with Gasteiger partial charge in [0.05, 0.1) is 12.7 Å². The fourth-order valence-electron chi connectivity index (χ4n) is 1.24. The van der Waals surface area contributed by atoms with Gasteiger partial charge in [-0.3, -0.25) is 10.1 Å². The maximum Gasteiger partial charge on any atom is 0.317 e. The molecule has 0 amide bonds. The van der Waals surface area contributed by atoms with Crippen LogP contribution < -0.4 is 11.1 Å². The van der Waals surface area contributed by atoms with Gasteiger partial charge in [-0.05, 0) is 24.4 Å². The Kier molecular flexibility index (Phi) is 5.19. The van der Waals surface area contributed by atoms with Crippen LogP contribution in [0.4, 0.5) is 0 Å². The minimum absolute atomic E-state index is 0.0718. The molecule has 0 fully saturated rings. The molecule has 92 valence electrons. The summed E-state index contributed by atoms with van der Waals surface area (Å²) in [6.07, 6.45) is 1.70. The van der Waals surface area contributed by atoms with E-state index in [1.165, 1.54) is 10.9 Å². The first-order chi connectivity index (χ1) is 8.09. The molecule has 1 atom stereocenters. The Morgan fingerprint density at radius 3 is 2.71 bits per heavy atom. The average molecular weight is 235 g/mol. The molecule has 0 spiro atoms. The van der Waals surface area contributed by atoms with Crippen LogP contribution in [0.3, 0.4) is 0 Å². The van der Waals surface area contributed by atoms with Crippen molar-refractivity contribution in [3.8, 4) is 0 Å². The van der Waals surface area contributed by atoms with Gasteiger partial charge < -0.3 is 15.8 Å². The predicted octanol–water partition coefficient (Wildman–Crippen LogP) is 1.13. The molecule has 0 saturated carbocycles. The van der Waals surface area contributed by atoms with E-state index in [9.17, 15) is 4.79 Å². The lowest BCUT2D eigenvalue weighted by Gasteiger charge is -2.02. The van der Waals surface area contributed by atoms with Crippen LogP contribution in [-0.4, -0.2) is 28.8 Å². The van der Waals surface area contributed by atoms with Crippen LogP contribution >= 0.6 is 0 Å². The molecule has 5 N–H and O–H groups in total. The van der Waals surface area contributed by atoms with Gasteiger partial charge in [-0.15, -0.1) is 0 Å². The second-order valence-corrected chi connectivity index (χ2v) is 3.63. The molecule has 0 bridgehead atoms. The van der Waals surface area contributed by atoms with Crippen LogP contribution in [0.25, 0.3) is 10.9 Å². The van der Waals surface area contributed by atoms with Crippen molar-refractivity contribution in [3.05, 3.63) is 36.5 Å². The Labute approximate surface area is 99.6 Å². The molecular formula is C12H17N3O2. The monoisotopic (exact) mass is 235 g/mol. The van der Waals surface area contributed by atoms with Crippen LogP contribution in [0.5, 0.6) is 0 Å². The Morgan fingerprint density at radius 2 is 2.18 bits per heavy atom. The first kappa shape index (κ1) is 13.2. The van der Waals surface area contributed by atoms with Crippen molar-refractivity contribution in [1.82, 2.24) is 10.3 Å². The molecule has 1 aromatic carbocycles. The molecule has 5 heteroatoms. The van der Waals surface area contributed by atoms with E-state index in [0.29, 0.717) is 0 Å². The standard InChI is InChI=1S/C8H7N.C4H10N2O2/c1-2-4-8-7(3-1)5-6-9-8;1-3(5)6-2-4(7)8/h1-6,9H;3,6H,2,5H2,1H3,(H,7,8). The summed E-state index contributed by atoms with van der Waals surface area (Å²) in [6.45, 7) is 1.61. The van der Waals surface area contributed by atoms with E-state index in [-0.39, 0.29) is 12.7 Å². The van der Waals surface area contributed by atoms with E-state index < -0.39 is 5.97 Å². The highest BCUT2D eigenvalue weighted by Gasteiger charge is 1.95. The van der Waals surface area contributed by atoms with Gasteiger partial charge in [0.1, 0.15) is 0 Å². The fourth-order valence-corrected chi connectivity index (χ4v) is 1.24. The molecule has 0 aliphatic rings. The second kappa shape index (κ2) is 6.67. The molecular weight excluding hydrogens is 218 g/mol. The zero-order valence-corrected chi connectivity index (χ0v) is 9.68. The number of para-hydroxylation sites is 1. The van der Waals surface area contributed by atoms with Crippen molar-refractivity contribution < 1.29 is 9.90 Å². The zero-order valence-electron chi connectivity index (χ0n) is 9.68. The minimum atomic E-state index is -0.887. The van der Waals surface area contributed by atoms with Crippen molar-refractivity contribution in [2.75, 3.05) is 6.54 Å². The first-order valence-corrected chi connectivity index (χ1v) is 5.32. The molecule has 2 rings (SSSR count). The Hall–Kier alpha value is -1.85. The van der Waals surface area contributed by atoms with Gasteiger partial charge in [-0.2, -0.15) is 0 Å². The van der Waals surface area contributed by atoms with Crippen molar-refractivity contribution in [3.63, 3.8) is 0 Å². The number of carbonyl (C=O) groups is 1. The molecule has 0 radical (unpaired) electrons. The largest absolute Gasteiger partial charge is 0.480 e. The average Bonchev–Trinajstić information content (AvgIpc) is 2.75. The van der Waals surface area contributed by atoms with Crippen LogP contribution in [0.2, 0.25) is 0 Å². The summed E-state index contributed by atoms with van der Waals surface area (Å²) in [5, 5.41) is 11.8. The topological polar surface area (TPSA) is 91.1 Å². The lowest BCUT2D eigenvalue weighted by molar-refractivity contribution is -0.136. The summed E-state index contributed by atoms with van der Waals surface area (Å²) >= 11 is 0. The molecule has 5 nitrogen and oxygen atoms in total. The number of carboxylic acid groups (broad SMARTS) is 1. The molecule has 0 aliphatic carbocycles. The number of hydrogen-bond donors (Lipinski definition) is 4. The summed E-state index contributed by atoms with van der Waals surface area (Å²) in [5.41, 5.74) is 6.37. The van der Waals surface area contributed by atoms with Gasteiger partial charge in [0, 0.05) is 11.7 Å². The first-order valence-electron chi connectivity index (χ1n) is 5.32. The normalized spacial score (nSPS) is 11.6. The van der Waals surface area contributed by atoms with Crippen LogP contribution in [-0.2, 0) is 4.79 Å². The minimum Gasteiger partial charge on any atom is -0.480 e. The Bertz CT molecular complexity index is 435. The number of aliphatic carboxylic acids is 1. The number of aromatic amines is 1. The number of carboxylic acids is 1. The predicted molar refractivity (Wildman–Crippen MR) is 67.6 cm³/mol. The summed E-state index contributed by atoms with van der Waals surface area (Å²) in [5.74, 6) is -0.887. The molecule has 17 heavy (non-hydrogen) atoms. The van der Waals surface area contributed by atoms with Gasteiger partial charge in [-0.25, -0.2) is 0 Å². The van der Waals surface area contributed by atoms with E-state index >= 15 is 0 Å². The van der Waals surface area contributed by atoms with Crippen molar-refractivity contribution >= 4 is 16.9 Å². The molecule has 0 aliphatic heterocycles. The van der Waals surface area contributed by atoms with Crippen LogP contribution in [0.15, 0.2) is 36.5 Å². The van der Waals surface area contributed by atoms with Crippen LogP contribution in [0, 0.1) is 0 Å². The van der Waals surface area contributed by atoms with Gasteiger partial charge in [0.25, 0.3) is 0 Å². The third kappa shape index (κ3) is 5.14. The van der Waals surface area contributed by atoms with Crippen LogP contribution in [0.1, 0.15) is 6.92 Å². The summed E-state index contributed by atoms with van der Waals surface area (Å²) in [4.78, 5) is 12.9. The Balaban J connectivity index is 0.000000172. The number of aromatic nitrogens is 1. The van der Waals surface area contributed by atoms with E-state index in [2.05, 4.69) is 28.5 Å². The number of H-pyrrole nitrogens is 1. The molecule has 1 unspecified atom stereocenters. The Morgan fingerprint density at radius 1 is 1.47 bits per heavy atom. The van der Waals surface area contributed by atoms with Gasteiger partial charge in [0.2, 0.25) is 0 Å². The second-order valence-electron chi connectivity index (χ2n) is 3.63. The number of rotatable bonds is 3. The number of hydrogen-bond acceptors (Lipinski definition) is 3. The van der Waals surface area contributed by atoms with Crippen molar-refractivity contribution in [1.29, 1.82) is 0 Å². The lowest BCUT2D eigenvalue weighted by Crippen LogP contribution is -2.37. The summed E-state index contributed by atoms with van der Waals surface area (Å²) in [7, 11) is 0. The number of benzene rings is 1. The van der Waals surface area contributed by atoms with Gasteiger partial charge in [0.15, 0.2) is 0 Å². The maximum absolute atomic E-state index is 9.79. The highest BCUT2D eigenvalue weighted by molar-refractivity contribution is 5.78. The van der Waals surface area contributed by atoms with Gasteiger partial charge >= 0.3 is 5.97 Å². The quantitative estimate of drug-likeness (QED) is 0.600. The maximum atomic E-state index is 9.79. The molecule has 2 aromatic rings. The molecule has 1 aromatic heterocycles. The van der Waals surface area contributed by atoms with Crippen molar-refractivity contribution in [2.45, 2.75) is 13.1 Å². The van der Waals surface area contributed by atoms with E-state index in [4.69, 9.17) is 10.8 Å². The zero-order chi connectivity index (χ0) is 12.7. The lowest BCUT2D eigenvalue weighted by atomic mass is 10.3. The number of nitrogens with one attached hydrogen (secondary N) is 2. The van der Waals surface area contributed by atoms with Crippen molar-refractivity contribution in [2.24, 2.45) is 5.73 Å². The smallest absolute Gasteiger partial charge is 0.317 e. The fraction of sp³-hybridized carbons (Fsp3) is 0.250. The molecule has 1 heterocycles. The third-order valence-electron chi connectivity index (χ3n) is 2.04. The summed E-state index contributed by atoms with van der Waals surface area (Å²) in [6, 6.07) is 10.3. The summed E-state index contributed by atoms with van der Waals surface area (Å²) < 4.78 is 0. The molecule has 0 saturated heterocycles. The van der Waals surface area contributed by atoms with E-state index in [1.807, 2.05) is 18.3 Å². The highest BCUT2D eigenvalue weighted by atomic mass is 16.4. The van der Waals surface area contributed by atoms with Gasteiger partial charge in [-0.1, -0.05) is 18.2 Å². The SMILES string of the molecule is CC(N)NCC(=O)O.c1ccc2[nH]ccc2c1. The highest BCUT2D eigenvalue weighted by Crippen LogP contribution is 2.09. The number of nitrogens with two attached hydrogens (primary N) is 1.